The van der Waals surface area contributed by atoms with Gasteiger partial charge in [-0.1, -0.05) is 18.2 Å². The van der Waals surface area contributed by atoms with Gasteiger partial charge in [-0.3, -0.25) is 9.89 Å². The van der Waals surface area contributed by atoms with Crippen LogP contribution in [-0.2, 0) is 11.2 Å². The maximum absolute atomic E-state index is 12.7. The molecule has 10 heteroatoms. The van der Waals surface area contributed by atoms with Crippen molar-refractivity contribution in [2.24, 2.45) is 0 Å². The van der Waals surface area contributed by atoms with Gasteiger partial charge in [0.15, 0.2) is 11.6 Å². The molecule has 1 aromatic carbocycles. The summed E-state index contributed by atoms with van der Waals surface area (Å²) in [5, 5.41) is 25.0. The number of benzene rings is 1. The lowest BCUT2D eigenvalue weighted by Gasteiger charge is -2.35. The van der Waals surface area contributed by atoms with E-state index in [9.17, 15) is 9.90 Å². The van der Waals surface area contributed by atoms with Crippen LogP contribution < -0.4 is 10.2 Å². The number of carbonyl (C=O) groups is 1. The molecule has 0 aliphatic carbocycles. The third-order valence-corrected chi connectivity index (χ3v) is 5.58. The molecule has 0 atom stereocenters. The molecule has 32 heavy (non-hydrogen) atoms. The number of phenolic OH excluding ortho intramolecular Hbond substituents is 1. The van der Waals surface area contributed by atoms with Gasteiger partial charge in [0.1, 0.15) is 11.3 Å². The number of H-pyrrole nitrogens is 1. The first kappa shape index (κ1) is 19.9. The van der Waals surface area contributed by atoms with Crippen molar-refractivity contribution in [1.82, 2.24) is 29.7 Å². The molecule has 3 N–H and O–H groups in total. The molecule has 1 fully saturated rings. The normalized spacial score (nSPS) is 14.2. The lowest BCUT2D eigenvalue weighted by molar-refractivity contribution is -0.130. The highest BCUT2D eigenvalue weighted by atomic mass is 16.3. The number of amides is 1. The van der Waals surface area contributed by atoms with E-state index in [1.807, 2.05) is 42.3 Å². The van der Waals surface area contributed by atoms with Crippen LogP contribution in [0.5, 0.6) is 5.75 Å². The number of fused-ring (bicyclic) bond motifs is 1. The van der Waals surface area contributed by atoms with Crippen LogP contribution in [0.15, 0.2) is 48.7 Å². The predicted octanol–water partition coefficient (Wildman–Crippen LogP) is 2.10. The highest BCUT2D eigenvalue weighted by molar-refractivity contribution is 5.80. The average Bonchev–Trinajstić information content (AvgIpc) is 3.44. The van der Waals surface area contributed by atoms with Gasteiger partial charge >= 0.3 is 0 Å². The number of hydrogen-bond acceptors (Lipinski definition) is 7. The van der Waals surface area contributed by atoms with E-state index >= 15 is 0 Å². The predicted molar refractivity (Wildman–Crippen MR) is 120 cm³/mol. The standard InChI is InChI=1S/C22H24N8O2/c1-15-13-19(26-25-15)23-21-17-6-4-8-30(17)27-22(24-21)29-11-9-28(10-12-29)20(32)14-16-5-2-3-7-18(16)31/h2-8,13,31H,9-12,14H2,1H3,(H2,23,24,25,26,27). The summed E-state index contributed by atoms with van der Waals surface area (Å²) in [6.07, 6.45) is 2.07. The Kier molecular flexibility index (Phi) is 5.10. The molecule has 0 spiro atoms. The summed E-state index contributed by atoms with van der Waals surface area (Å²) in [6, 6.07) is 12.7. The van der Waals surface area contributed by atoms with E-state index in [1.165, 1.54) is 0 Å². The van der Waals surface area contributed by atoms with E-state index in [0.29, 0.717) is 49.3 Å². The molecule has 0 bridgehead atoms. The molecule has 3 aromatic heterocycles. The lowest BCUT2D eigenvalue weighted by Crippen LogP contribution is -2.49. The van der Waals surface area contributed by atoms with E-state index in [4.69, 9.17) is 4.98 Å². The van der Waals surface area contributed by atoms with Crippen LogP contribution in [0.1, 0.15) is 11.3 Å². The van der Waals surface area contributed by atoms with Crippen LogP contribution in [0.4, 0.5) is 17.6 Å². The molecule has 0 unspecified atom stereocenters. The summed E-state index contributed by atoms with van der Waals surface area (Å²) >= 11 is 0. The van der Waals surface area contributed by atoms with E-state index in [2.05, 4.69) is 25.5 Å². The van der Waals surface area contributed by atoms with Crippen LogP contribution in [0.3, 0.4) is 0 Å². The number of aromatic nitrogens is 5. The smallest absolute Gasteiger partial charge is 0.245 e. The van der Waals surface area contributed by atoms with Crippen molar-refractivity contribution in [2.45, 2.75) is 13.3 Å². The minimum Gasteiger partial charge on any atom is -0.508 e. The number of piperazine rings is 1. The zero-order chi connectivity index (χ0) is 22.1. The van der Waals surface area contributed by atoms with Gasteiger partial charge in [0, 0.05) is 49.7 Å². The first-order valence-electron chi connectivity index (χ1n) is 10.5. The molecule has 10 nitrogen and oxygen atoms in total. The van der Waals surface area contributed by atoms with Gasteiger partial charge in [0.05, 0.1) is 6.42 Å². The second-order valence-electron chi connectivity index (χ2n) is 7.83. The third kappa shape index (κ3) is 3.94. The fourth-order valence-electron chi connectivity index (χ4n) is 3.84. The van der Waals surface area contributed by atoms with Gasteiger partial charge in [-0.15, -0.1) is 5.10 Å². The lowest BCUT2D eigenvalue weighted by atomic mass is 10.1. The Hall–Kier alpha value is -4.08. The number of hydrogen-bond donors (Lipinski definition) is 3. The Morgan fingerprint density at radius 1 is 1.16 bits per heavy atom. The number of phenols is 1. The van der Waals surface area contributed by atoms with Gasteiger partial charge in [0.2, 0.25) is 11.9 Å². The van der Waals surface area contributed by atoms with Crippen LogP contribution >= 0.6 is 0 Å². The maximum atomic E-state index is 12.7. The van der Waals surface area contributed by atoms with Gasteiger partial charge in [-0.25, -0.2) is 4.52 Å². The second kappa shape index (κ2) is 8.22. The zero-order valence-corrected chi connectivity index (χ0v) is 17.7. The Morgan fingerprint density at radius 2 is 1.97 bits per heavy atom. The largest absolute Gasteiger partial charge is 0.508 e. The highest BCUT2D eigenvalue weighted by Gasteiger charge is 2.24. The molecule has 4 aromatic rings. The summed E-state index contributed by atoms with van der Waals surface area (Å²) in [6.45, 7) is 4.33. The molecule has 4 heterocycles. The number of rotatable bonds is 5. The SMILES string of the molecule is Cc1cc(Nc2nc(N3CCN(C(=O)Cc4ccccc4O)CC3)nn3cccc23)n[nH]1. The molecule has 1 aliphatic rings. The number of para-hydroxylation sites is 1. The molecule has 1 amide bonds. The zero-order valence-electron chi connectivity index (χ0n) is 17.7. The molecule has 0 radical (unpaired) electrons. The van der Waals surface area contributed by atoms with Crippen LogP contribution in [-0.4, -0.2) is 66.9 Å². The molecular weight excluding hydrogens is 408 g/mol. The number of anilines is 3. The van der Waals surface area contributed by atoms with Gasteiger partial charge in [-0.05, 0) is 25.1 Å². The van der Waals surface area contributed by atoms with E-state index in [0.717, 1.165) is 11.2 Å². The quantitative estimate of drug-likeness (QED) is 0.442. The summed E-state index contributed by atoms with van der Waals surface area (Å²) in [5.74, 6) is 2.11. The van der Waals surface area contributed by atoms with E-state index < -0.39 is 0 Å². The number of aromatic amines is 1. The first-order chi connectivity index (χ1) is 15.6. The number of aryl methyl sites for hydroxylation is 1. The third-order valence-electron chi connectivity index (χ3n) is 5.58. The Morgan fingerprint density at radius 3 is 2.72 bits per heavy atom. The van der Waals surface area contributed by atoms with Crippen molar-refractivity contribution in [1.29, 1.82) is 0 Å². The molecule has 5 rings (SSSR count). The monoisotopic (exact) mass is 432 g/mol. The van der Waals surface area contributed by atoms with E-state index in [-0.39, 0.29) is 18.1 Å². The van der Waals surface area contributed by atoms with Crippen molar-refractivity contribution >= 4 is 29.0 Å². The Balaban J connectivity index is 1.29. The highest BCUT2D eigenvalue weighted by Crippen LogP contribution is 2.23. The number of nitrogens with one attached hydrogen (secondary N) is 2. The van der Waals surface area contributed by atoms with Gasteiger partial charge in [-0.2, -0.15) is 10.1 Å². The first-order valence-corrected chi connectivity index (χ1v) is 10.5. The van der Waals surface area contributed by atoms with Crippen molar-refractivity contribution < 1.29 is 9.90 Å². The molecule has 164 valence electrons. The van der Waals surface area contributed by atoms with Crippen LogP contribution in [0.2, 0.25) is 0 Å². The summed E-state index contributed by atoms with van der Waals surface area (Å²) in [4.78, 5) is 21.3. The summed E-state index contributed by atoms with van der Waals surface area (Å²) in [5.41, 5.74) is 2.45. The van der Waals surface area contributed by atoms with Crippen LogP contribution in [0, 0.1) is 6.92 Å². The fraction of sp³-hybridized carbons (Fsp3) is 0.273. The van der Waals surface area contributed by atoms with Crippen molar-refractivity contribution in [3.63, 3.8) is 0 Å². The second-order valence-corrected chi connectivity index (χ2v) is 7.83. The van der Waals surface area contributed by atoms with Gasteiger partial charge < -0.3 is 20.2 Å². The molecule has 0 saturated carbocycles. The summed E-state index contributed by atoms with van der Waals surface area (Å²) in [7, 11) is 0. The molecule has 1 aliphatic heterocycles. The topological polar surface area (TPSA) is 115 Å². The van der Waals surface area contributed by atoms with Crippen molar-refractivity contribution in [3.8, 4) is 5.75 Å². The number of aromatic hydroxyl groups is 1. The fourth-order valence-corrected chi connectivity index (χ4v) is 3.84. The Labute approximate surface area is 184 Å². The van der Waals surface area contributed by atoms with Crippen molar-refractivity contribution in [2.75, 3.05) is 36.4 Å². The maximum Gasteiger partial charge on any atom is 0.245 e. The van der Waals surface area contributed by atoms with Gasteiger partial charge in [0.25, 0.3) is 0 Å². The van der Waals surface area contributed by atoms with Crippen LogP contribution in [0.25, 0.3) is 5.52 Å². The average molecular weight is 432 g/mol. The van der Waals surface area contributed by atoms with E-state index in [1.54, 1.807) is 22.7 Å². The number of nitrogens with zero attached hydrogens (tertiary/aromatic N) is 6. The minimum atomic E-state index is 0.00388. The number of carbonyl (C=O) groups excluding carboxylic acids is 1. The minimum absolute atomic E-state index is 0.00388. The van der Waals surface area contributed by atoms with Crippen molar-refractivity contribution in [3.05, 3.63) is 59.9 Å². The Bertz CT molecular complexity index is 1260. The summed E-state index contributed by atoms with van der Waals surface area (Å²) < 4.78 is 1.79. The molecular formula is C22H24N8O2. The molecule has 1 saturated heterocycles.